The van der Waals surface area contributed by atoms with Crippen LogP contribution in [0.2, 0.25) is 0 Å². The molecule has 5 nitrogen and oxygen atoms in total. The number of anilines is 3. The molecule has 0 saturated heterocycles. The molecule has 0 fully saturated rings. The summed E-state index contributed by atoms with van der Waals surface area (Å²) in [5, 5.41) is 0. The summed E-state index contributed by atoms with van der Waals surface area (Å²) in [6.45, 7) is 27.3. The van der Waals surface area contributed by atoms with Gasteiger partial charge in [0.15, 0.2) is 27.9 Å². The summed E-state index contributed by atoms with van der Waals surface area (Å²) < 4.78 is 23.3. The number of hydrogen-bond acceptors (Lipinski definition) is 4. The minimum Gasteiger partial charge on any atom is -0.453 e. The lowest BCUT2D eigenvalue weighted by Gasteiger charge is -2.43. The fourth-order valence-electron chi connectivity index (χ4n) is 9.09. The Morgan fingerprint density at radius 3 is 1.69 bits per heavy atom. The van der Waals surface area contributed by atoms with Crippen molar-refractivity contribution in [3.05, 3.63) is 125 Å². The molecule has 58 heavy (non-hydrogen) atoms. The standard InChI is InChI=1S/C52H53BN2O3/c1-49(2,3)30-17-21-34(22-18-30)54-38-26-31(50(4,5)6)19-23-36(38)53-46-35(25-33(27-39(46)54)52(10,11)12)45-47-43(29-44-48(45)58-41-16-14-13-15-40(41)56-44)57-42-28-32(51(7,8)9)20-24-37(42)55(47)53/h13-29H,1-12H3. The van der Waals surface area contributed by atoms with Gasteiger partial charge in [0.2, 0.25) is 0 Å². The highest BCUT2D eigenvalue weighted by molar-refractivity contribution is 6.90. The molecule has 0 radical (unpaired) electrons. The minimum atomic E-state index is -0.155. The highest BCUT2D eigenvalue weighted by Gasteiger charge is 2.45. The fraction of sp³-hybridized carbons (Fsp3) is 0.308. The number of fused-ring (bicyclic) bond motifs is 9. The number of aromatic nitrogens is 1. The van der Waals surface area contributed by atoms with Crippen LogP contribution in [0.25, 0.3) is 55.7 Å². The Bertz CT molecular complexity index is 3050. The van der Waals surface area contributed by atoms with Gasteiger partial charge in [0.25, 0.3) is 0 Å². The summed E-state index contributed by atoms with van der Waals surface area (Å²) in [5.41, 5.74) is 19.4. The first-order valence-corrected chi connectivity index (χ1v) is 20.8. The van der Waals surface area contributed by atoms with E-state index in [1.54, 1.807) is 0 Å². The molecule has 10 rings (SSSR count). The molecule has 0 atom stereocenters. The van der Waals surface area contributed by atoms with E-state index < -0.39 is 0 Å². The van der Waals surface area contributed by atoms with E-state index in [2.05, 4.69) is 165 Å². The summed E-state index contributed by atoms with van der Waals surface area (Å²) in [6.07, 6.45) is 0. The lowest BCUT2D eigenvalue weighted by atomic mass is 9.44. The second kappa shape index (κ2) is 12.0. The summed E-state index contributed by atoms with van der Waals surface area (Å²) in [7, 11) is 0. The molecular weight excluding hydrogens is 711 g/mol. The van der Waals surface area contributed by atoms with E-state index in [9.17, 15) is 0 Å². The number of nitrogens with zero attached hydrogens (tertiary/aromatic N) is 2. The van der Waals surface area contributed by atoms with E-state index in [4.69, 9.17) is 13.3 Å². The predicted octanol–water partition coefficient (Wildman–Crippen LogP) is 13.6. The van der Waals surface area contributed by atoms with E-state index >= 15 is 0 Å². The van der Waals surface area contributed by atoms with E-state index in [1.807, 2.05) is 30.3 Å². The lowest BCUT2D eigenvalue weighted by Crippen LogP contribution is -2.57. The average Bonchev–Trinajstić information content (AvgIpc) is 3.15. The zero-order valence-electron chi connectivity index (χ0n) is 36.0. The van der Waals surface area contributed by atoms with Gasteiger partial charge in [-0.3, -0.25) is 0 Å². The van der Waals surface area contributed by atoms with Crippen molar-refractivity contribution in [3.63, 3.8) is 0 Å². The van der Waals surface area contributed by atoms with Gasteiger partial charge < -0.3 is 22.6 Å². The summed E-state index contributed by atoms with van der Waals surface area (Å²) in [4.78, 5) is 2.53. The van der Waals surface area contributed by atoms with Crippen LogP contribution in [0.15, 0.2) is 116 Å². The number of para-hydroxylation sites is 2. The highest BCUT2D eigenvalue weighted by atomic mass is 16.4. The van der Waals surface area contributed by atoms with Crippen LogP contribution in [0.3, 0.4) is 0 Å². The van der Waals surface area contributed by atoms with Crippen LogP contribution in [0.5, 0.6) is 0 Å². The number of benzene rings is 6. The van der Waals surface area contributed by atoms with Crippen molar-refractivity contribution in [2.75, 3.05) is 4.90 Å². The Kier molecular flexibility index (Phi) is 7.58. The molecule has 0 amide bonds. The van der Waals surface area contributed by atoms with Crippen LogP contribution in [0, 0.1) is 0 Å². The molecule has 0 unspecified atom stereocenters. The van der Waals surface area contributed by atoms with Crippen LogP contribution in [0.1, 0.15) is 105 Å². The van der Waals surface area contributed by atoms with Gasteiger partial charge >= 0.3 is 6.85 Å². The van der Waals surface area contributed by atoms with Crippen LogP contribution in [0.4, 0.5) is 17.1 Å². The number of rotatable bonds is 1. The van der Waals surface area contributed by atoms with Gasteiger partial charge in [-0.15, -0.1) is 0 Å². The molecule has 8 aromatic rings. The smallest absolute Gasteiger partial charge is 0.333 e. The molecule has 6 heteroatoms. The first-order valence-electron chi connectivity index (χ1n) is 20.8. The van der Waals surface area contributed by atoms with Crippen molar-refractivity contribution in [1.82, 2.24) is 4.48 Å². The third kappa shape index (κ3) is 5.51. The van der Waals surface area contributed by atoms with E-state index in [1.165, 1.54) is 44.6 Å². The van der Waals surface area contributed by atoms with Crippen molar-refractivity contribution >= 4 is 79.4 Å². The first-order chi connectivity index (χ1) is 27.3. The molecule has 4 heterocycles. The SMILES string of the molecule is CC(C)(C)c1ccc(N2c3cc(C(C)(C)C)ccc3B3c4c(cc(C(C)(C)C)cc42)-c2c4oc5ccccc5oc4cc4oc5cc(C(C)(C)C)ccc5n3c24)cc1. The van der Waals surface area contributed by atoms with Crippen molar-refractivity contribution in [3.8, 4) is 11.1 Å². The Morgan fingerprint density at radius 2 is 1.03 bits per heavy atom. The highest BCUT2D eigenvalue weighted by Crippen LogP contribution is 2.49. The van der Waals surface area contributed by atoms with Gasteiger partial charge in [0, 0.05) is 23.1 Å². The fourth-order valence-corrected chi connectivity index (χ4v) is 9.09. The third-order valence-corrected chi connectivity index (χ3v) is 12.5. The van der Waals surface area contributed by atoms with Gasteiger partial charge in [-0.2, -0.15) is 0 Å². The second-order valence-electron chi connectivity index (χ2n) is 20.7. The van der Waals surface area contributed by atoms with E-state index in [-0.39, 0.29) is 28.5 Å². The van der Waals surface area contributed by atoms with Gasteiger partial charge in [-0.1, -0.05) is 132 Å². The maximum Gasteiger partial charge on any atom is 0.333 e. The van der Waals surface area contributed by atoms with Gasteiger partial charge in [0.05, 0.1) is 16.6 Å². The summed E-state index contributed by atoms with van der Waals surface area (Å²) in [6, 6.07) is 38.0. The summed E-state index contributed by atoms with van der Waals surface area (Å²) >= 11 is 0. The van der Waals surface area contributed by atoms with Gasteiger partial charge in [-0.25, -0.2) is 0 Å². The molecule has 2 aromatic heterocycles. The lowest BCUT2D eigenvalue weighted by molar-refractivity contribution is 0.579. The maximum absolute atomic E-state index is 7.06. The Balaban J connectivity index is 1.42. The van der Waals surface area contributed by atoms with Crippen molar-refractivity contribution in [1.29, 1.82) is 0 Å². The Hall–Kier alpha value is -5.62. The third-order valence-electron chi connectivity index (χ3n) is 12.5. The maximum atomic E-state index is 7.06. The molecule has 0 saturated carbocycles. The topological polar surface area (TPSA) is 47.6 Å². The zero-order chi connectivity index (χ0) is 40.8. The molecule has 6 aromatic carbocycles. The predicted molar refractivity (Wildman–Crippen MR) is 244 cm³/mol. The van der Waals surface area contributed by atoms with E-state index in [0.29, 0.717) is 22.3 Å². The number of hydrogen-bond donors (Lipinski definition) is 0. The van der Waals surface area contributed by atoms with Crippen LogP contribution in [-0.4, -0.2) is 11.3 Å². The van der Waals surface area contributed by atoms with Gasteiger partial charge in [0.1, 0.15) is 5.58 Å². The zero-order valence-corrected chi connectivity index (χ0v) is 36.0. The van der Waals surface area contributed by atoms with Crippen molar-refractivity contribution in [2.45, 2.75) is 105 Å². The van der Waals surface area contributed by atoms with Crippen LogP contribution >= 0.6 is 0 Å². The first kappa shape index (κ1) is 36.7. The van der Waals surface area contributed by atoms with E-state index in [0.717, 1.165) is 39.0 Å². The monoisotopic (exact) mass is 764 g/mol. The molecule has 0 bridgehead atoms. The molecular formula is C52H53BN2O3. The Morgan fingerprint density at radius 1 is 0.466 bits per heavy atom. The normalized spacial score (nSPS) is 14.1. The largest absolute Gasteiger partial charge is 0.453 e. The van der Waals surface area contributed by atoms with Crippen LogP contribution < -0.4 is 15.8 Å². The van der Waals surface area contributed by atoms with Gasteiger partial charge in [-0.05, 0) is 109 Å². The summed E-state index contributed by atoms with van der Waals surface area (Å²) in [5.74, 6) is 0. The molecule has 2 aliphatic rings. The van der Waals surface area contributed by atoms with Crippen LogP contribution in [-0.2, 0) is 21.7 Å². The Labute approximate surface area is 342 Å². The molecule has 0 spiro atoms. The molecule has 2 aliphatic heterocycles. The molecule has 0 N–H and O–H groups in total. The molecule has 292 valence electrons. The van der Waals surface area contributed by atoms with Crippen molar-refractivity contribution < 1.29 is 13.3 Å². The average molecular weight is 765 g/mol. The minimum absolute atomic E-state index is 0.0337. The quantitative estimate of drug-likeness (QED) is 0.123. The van der Waals surface area contributed by atoms with Crippen molar-refractivity contribution in [2.24, 2.45) is 0 Å². The second-order valence-corrected chi connectivity index (χ2v) is 20.7. The molecule has 0 aliphatic carbocycles.